The van der Waals surface area contributed by atoms with Crippen LogP contribution in [-0.4, -0.2) is 5.75 Å². The van der Waals surface area contributed by atoms with Gasteiger partial charge in [-0.2, -0.15) is 4.57 Å². The van der Waals surface area contributed by atoms with Crippen LogP contribution in [0.25, 0.3) is 0 Å². The van der Waals surface area contributed by atoms with Crippen LogP contribution in [-0.2, 0) is 5.88 Å². The molecule has 0 saturated heterocycles. The molecule has 108 valence electrons. The zero-order chi connectivity index (χ0) is 13.8. The fourth-order valence-electron chi connectivity index (χ4n) is 2.08. The van der Waals surface area contributed by atoms with E-state index in [0.717, 1.165) is 10.9 Å². The molecule has 0 spiro atoms. The number of hydrogen-bond donors (Lipinski definition) is 0. The predicted octanol–water partition coefficient (Wildman–Crippen LogP) is 5.46. The van der Waals surface area contributed by atoms with Crippen LogP contribution < -0.4 is 4.57 Å². The molecule has 0 radical (unpaired) electrons. The third-order valence-corrected chi connectivity index (χ3v) is 4.49. The van der Waals surface area contributed by atoms with Gasteiger partial charge in [-0.1, -0.05) is 75.2 Å². The largest absolute Gasteiger partial charge is 0.194 e. The molecule has 0 aliphatic heterocycles. The van der Waals surface area contributed by atoms with Crippen molar-refractivity contribution in [2.24, 2.45) is 0 Å². The molecule has 0 saturated carbocycles. The second-order valence-corrected chi connectivity index (χ2v) is 6.56. The normalized spacial score (nSPS) is 10.8. The molecule has 0 aliphatic carbocycles. The molecule has 0 bridgehead atoms. The Morgan fingerprint density at radius 3 is 2.42 bits per heavy atom. The number of pyridine rings is 1. The number of nitrogens with zero attached hydrogens (tertiary/aromatic N) is 1. The topological polar surface area (TPSA) is 3.88 Å². The lowest BCUT2D eigenvalue weighted by Crippen LogP contribution is -2.30. The lowest BCUT2D eigenvalue weighted by atomic mass is 10.1. The quantitative estimate of drug-likeness (QED) is 0.388. The molecule has 0 unspecified atom stereocenters. The minimum absolute atomic E-state index is 0.815. The molecular weight excluding hydrogens is 274 g/mol. The van der Waals surface area contributed by atoms with Gasteiger partial charge in [-0.3, -0.25) is 0 Å². The van der Waals surface area contributed by atoms with Crippen LogP contribution >= 0.6 is 23.4 Å². The highest BCUT2D eigenvalue weighted by molar-refractivity contribution is 7.98. The molecule has 1 rings (SSSR count). The first-order valence-electron chi connectivity index (χ1n) is 7.55. The van der Waals surface area contributed by atoms with Crippen LogP contribution in [0, 0.1) is 0 Å². The van der Waals surface area contributed by atoms with E-state index in [4.69, 9.17) is 11.6 Å². The smallest absolute Gasteiger partial charge is 0.194 e. The molecule has 0 N–H and O–H groups in total. The molecule has 1 heterocycles. The van der Waals surface area contributed by atoms with Gasteiger partial charge in [0.1, 0.15) is 5.02 Å². The van der Waals surface area contributed by atoms with Crippen molar-refractivity contribution in [3.8, 4) is 0 Å². The average molecular weight is 301 g/mol. The molecule has 1 aromatic heterocycles. The highest BCUT2D eigenvalue weighted by atomic mass is 35.5. The van der Waals surface area contributed by atoms with Crippen molar-refractivity contribution >= 4 is 23.4 Å². The second-order valence-electron chi connectivity index (χ2n) is 5.05. The number of hydrogen-bond acceptors (Lipinski definition) is 1. The summed E-state index contributed by atoms with van der Waals surface area (Å²) in [5, 5.41) is 0.815. The van der Waals surface area contributed by atoms with Crippen molar-refractivity contribution in [2.45, 2.75) is 64.2 Å². The average Bonchev–Trinajstić information content (AvgIpc) is 2.41. The van der Waals surface area contributed by atoms with Gasteiger partial charge in [0.15, 0.2) is 18.3 Å². The maximum Gasteiger partial charge on any atom is 0.194 e. The Bertz CT molecular complexity index is 330. The standard InChI is InChI=1S/C16H27ClNS/c1-2-3-4-5-6-7-8-9-13-19-15-18-12-10-11-16(17)14-18/h10-12,14H,2-9,13,15H2,1H3/q+1. The molecule has 0 aliphatic rings. The number of aromatic nitrogens is 1. The first kappa shape index (κ1) is 16.8. The Morgan fingerprint density at radius 2 is 1.74 bits per heavy atom. The SMILES string of the molecule is CCCCCCCCCCSC[n+]1cccc(Cl)c1. The monoisotopic (exact) mass is 300 g/mol. The van der Waals surface area contributed by atoms with Crippen LogP contribution in [0.1, 0.15) is 58.3 Å². The minimum Gasteiger partial charge on any atom is -0.194 e. The highest BCUT2D eigenvalue weighted by Crippen LogP contribution is 2.11. The number of unbranched alkanes of at least 4 members (excludes halogenated alkanes) is 7. The number of halogens is 1. The fraction of sp³-hybridized carbons (Fsp3) is 0.688. The van der Waals surface area contributed by atoms with E-state index in [0.29, 0.717) is 0 Å². The fourth-order valence-corrected chi connectivity index (χ4v) is 3.19. The van der Waals surface area contributed by atoms with Crippen molar-refractivity contribution in [3.63, 3.8) is 0 Å². The third kappa shape index (κ3) is 9.34. The van der Waals surface area contributed by atoms with Gasteiger partial charge in [0, 0.05) is 6.07 Å². The van der Waals surface area contributed by atoms with Crippen molar-refractivity contribution in [3.05, 3.63) is 29.5 Å². The first-order chi connectivity index (χ1) is 9.33. The van der Waals surface area contributed by atoms with Crippen LogP contribution in [0.4, 0.5) is 0 Å². The molecule has 19 heavy (non-hydrogen) atoms. The van der Waals surface area contributed by atoms with Crippen molar-refractivity contribution in [1.82, 2.24) is 0 Å². The van der Waals surface area contributed by atoms with Crippen molar-refractivity contribution < 1.29 is 4.57 Å². The summed E-state index contributed by atoms with van der Waals surface area (Å²) in [7, 11) is 0. The highest BCUT2D eigenvalue weighted by Gasteiger charge is 2.00. The van der Waals surface area contributed by atoms with E-state index in [9.17, 15) is 0 Å². The maximum atomic E-state index is 5.95. The van der Waals surface area contributed by atoms with Crippen LogP contribution in [0.2, 0.25) is 5.02 Å². The molecule has 0 aromatic carbocycles. The van der Waals surface area contributed by atoms with Gasteiger partial charge in [-0.15, -0.1) is 0 Å². The summed E-state index contributed by atoms with van der Waals surface area (Å²) < 4.78 is 2.15. The van der Waals surface area contributed by atoms with E-state index >= 15 is 0 Å². The van der Waals surface area contributed by atoms with Crippen LogP contribution in [0.3, 0.4) is 0 Å². The van der Waals surface area contributed by atoms with Crippen LogP contribution in [0.5, 0.6) is 0 Å². The molecule has 0 atom stereocenters. The molecule has 1 nitrogen and oxygen atoms in total. The number of rotatable bonds is 11. The van der Waals surface area contributed by atoms with E-state index in [1.165, 1.54) is 57.1 Å². The Labute approximate surface area is 127 Å². The van der Waals surface area contributed by atoms with E-state index in [1.807, 2.05) is 30.1 Å². The summed E-state index contributed by atoms with van der Waals surface area (Å²) in [6.45, 7) is 2.27. The molecule has 0 fully saturated rings. The van der Waals surface area contributed by atoms with Gasteiger partial charge in [0.2, 0.25) is 0 Å². The van der Waals surface area contributed by atoms with Gasteiger partial charge in [0.25, 0.3) is 0 Å². The summed E-state index contributed by atoms with van der Waals surface area (Å²) in [6, 6.07) is 3.92. The van der Waals surface area contributed by atoms with Crippen LogP contribution in [0.15, 0.2) is 24.5 Å². The summed E-state index contributed by atoms with van der Waals surface area (Å²) in [6.07, 6.45) is 15.2. The Balaban J connectivity index is 1.89. The second kappa shape index (κ2) is 11.6. The zero-order valence-electron chi connectivity index (χ0n) is 12.1. The minimum atomic E-state index is 0.815. The first-order valence-corrected chi connectivity index (χ1v) is 9.08. The molecular formula is C16H27ClNS+. The van der Waals surface area contributed by atoms with E-state index < -0.39 is 0 Å². The molecule has 1 aromatic rings. The van der Waals surface area contributed by atoms with E-state index in [-0.39, 0.29) is 0 Å². The summed E-state index contributed by atoms with van der Waals surface area (Å²) in [5.41, 5.74) is 0. The lowest BCUT2D eigenvalue weighted by molar-refractivity contribution is -0.675. The predicted molar refractivity (Wildman–Crippen MR) is 86.7 cm³/mol. The third-order valence-electron chi connectivity index (χ3n) is 3.20. The van der Waals surface area contributed by atoms with Gasteiger partial charge >= 0.3 is 0 Å². The summed E-state index contributed by atoms with van der Waals surface area (Å²) in [5.74, 6) is 2.27. The Morgan fingerprint density at radius 1 is 1.05 bits per heavy atom. The van der Waals surface area contributed by atoms with Crippen molar-refractivity contribution in [2.75, 3.05) is 5.75 Å². The van der Waals surface area contributed by atoms with E-state index in [1.54, 1.807) is 0 Å². The lowest BCUT2D eigenvalue weighted by Gasteiger charge is -2.01. The van der Waals surface area contributed by atoms with Gasteiger partial charge in [-0.05, 0) is 18.2 Å². The number of thioether (sulfide) groups is 1. The van der Waals surface area contributed by atoms with Gasteiger partial charge in [-0.25, -0.2) is 0 Å². The zero-order valence-corrected chi connectivity index (χ0v) is 13.7. The Kier molecular flexibility index (Phi) is 10.3. The Hall–Kier alpha value is -0.210. The van der Waals surface area contributed by atoms with Gasteiger partial charge in [0.05, 0.1) is 0 Å². The maximum absolute atomic E-state index is 5.95. The molecule has 0 amide bonds. The van der Waals surface area contributed by atoms with E-state index in [2.05, 4.69) is 17.7 Å². The van der Waals surface area contributed by atoms with Crippen molar-refractivity contribution in [1.29, 1.82) is 0 Å². The summed E-state index contributed by atoms with van der Waals surface area (Å²) in [4.78, 5) is 0. The van der Waals surface area contributed by atoms with Gasteiger partial charge < -0.3 is 0 Å². The molecule has 3 heteroatoms. The summed E-state index contributed by atoms with van der Waals surface area (Å²) >= 11 is 7.94.